The van der Waals surface area contributed by atoms with Gasteiger partial charge >= 0.3 is 0 Å². The minimum Gasteiger partial charge on any atom is -0.342 e. The van der Waals surface area contributed by atoms with Crippen molar-refractivity contribution in [3.8, 4) is 0 Å². The number of carbonyl (C=O) groups is 1. The van der Waals surface area contributed by atoms with E-state index in [2.05, 4.69) is 50.7 Å². The van der Waals surface area contributed by atoms with Crippen LogP contribution in [0.15, 0.2) is 0 Å². The van der Waals surface area contributed by atoms with E-state index in [0.717, 1.165) is 41.8 Å². The van der Waals surface area contributed by atoms with Gasteiger partial charge in [0.05, 0.1) is 0 Å². The first-order valence-electron chi connectivity index (χ1n) is 10.1. The molecule has 136 valence electrons. The molecule has 0 N–H and O–H groups in total. The average Bonchev–Trinajstić information content (AvgIpc) is 2.90. The number of nitrogens with zero attached hydrogens (tertiary/aromatic N) is 1. The van der Waals surface area contributed by atoms with E-state index in [4.69, 9.17) is 0 Å². The molecule has 0 unspecified atom stereocenters. The Kier molecular flexibility index (Phi) is 4.07. The summed E-state index contributed by atoms with van der Waals surface area (Å²) in [4.78, 5) is 14.4. The third-order valence-corrected chi connectivity index (χ3v) is 10.0. The van der Waals surface area contributed by atoms with Gasteiger partial charge in [0.2, 0.25) is 5.91 Å². The Morgan fingerprint density at radius 1 is 1.17 bits per heavy atom. The van der Waals surface area contributed by atoms with E-state index in [0.29, 0.717) is 22.8 Å². The number of rotatable bonds is 1. The highest BCUT2D eigenvalue weighted by atomic mass is 32.2. The van der Waals surface area contributed by atoms with Crippen LogP contribution in [0.25, 0.3) is 0 Å². The van der Waals surface area contributed by atoms with Gasteiger partial charge in [0.15, 0.2) is 0 Å². The van der Waals surface area contributed by atoms with Gasteiger partial charge < -0.3 is 4.90 Å². The van der Waals surface area contributed by atoms with Gasteiger partial charge in [-0.15, -0.1) is 0 Å². The molecule has 3 heteroatoms. The van der Waals surface area contributed by atoms with Crippen LogP contribution in [0.4, 0.5) is 0 Å². The maximum absolute atomic E-state index is 12.3. The summed E-state index contributed by atoms with van der Waals surface area (Å²) in [6, 6.07) is 0.483. The molecule has 3 aliphatic carbocycles. The third kappa shape index (κ3) is 2.25. The quantitative estimate of drug-likeness (QED) is 0.676. The number of hydrogen-bond acceptors (Lipinski definition) is 2. The average molecular weight is 350 g/mol. The zero-order chi connectivity index (χ0) is 17.3. The molecule has 1 heterocycles. The summed E-state index contributed by atoms with van der Waals surface area (Å²) >= 11 is 2.11. The van der Waals surface area contributed by atoms with Crippen LogP contribution >= 0.6 is 11.8 Å². The van der Waals surface area contributed by atoms with E-state index in [1.165, 1.54) is 32.1 Å². The first-order chi connectivity index (χ1) is 11.3. The highest BCUT2D eigenvalue weighted by Crippen LogP contribution is 2.66. The number of thioether (sulfide) groups is 1. The summed E-state index contributed by atoms with van der Waals surface area (Å²) in [7, 11) is 2.07. The van der Waals surface area contributed by atoms with Crippen LogP contribution in [0.5, 0.6) is 0 Å². The van der Waals surface area contributed by atoms with Crippen molar-refractivity contribution in [1.29, 1.82) is 0 Å². The molecule has 24 heavy (non-hydrogen) atoms. The van der Waals surface area contributed by atoms with Gasteiger partial charge in [-0.3, -0.25) is 4.79 Å². The van der Waals surface area contributed by atoms with Crippen LogP contribution in [0.2, 0.25) is 0 Å². The first kappa shape index (κ1) is 17.2. The Bertz CT molecular complexity index is 536. The maximum Gasteiger partial charge on any atom is 0.222 e. The molecule has 1 amide bonds. The molecule has 0 spiro atoms. The maximum atomic E-state index is 12.3. The summed E-state index contributed by atoms with van der Waals surface area (Å²) in [6.07, 6.45) is 11.1. The molecule has 1 saturated heterocycles. The van der Waals surface area contributed by atoms with Crippen molar-refractivity contribution >= 4 is 17.7 Å². The van der Waals surface area contributed by atoms with Gasteiger partial charge in [0.25, 0.3) is 0 Å². The number of likely N-dealkylation sites (tertiary alicyclic amines) is 1. The molecule has 0 aromatic carbocycles. The minimum atomic E-state index is 0.360. The number of fused-ring (bicyclic) bond motifs is 5. The predicted molar refractivity (Wildman–Crippen MR) is 102 cm³/mol. The number of hydrogen-bond donors (Lipinski definition) is 0. The van der Waals surface area contributed by atoms with E-state index >= 15 is 0 Å². The fourth-order valence-electron chi connectivity index (χ4n) is 7.64. The molecule has 0 bridgehead atoms. The van der Waals surface area contributed by atoms with Gasteiger partial charge in [-0.2, -0.15) is 11.8 Å². The molecule has 2 nitrogen and oxygen atoms in total. The second-order valence-electron chi connectivity index (χ2n) is 10.0. The molecule has 4 aliphatic rings. The van der Waals surface area contributed by atoms with Crippen molar-refractivity contribution in [2.75, 3.05) is 13.3 Å². The van der Waals surface area contributed by atoms with E-state index < -0.39 is 0 Å². The Morgan fingerprint density at radius 2 is 1.92 bits per heavy atom. The topological polar surface area (TPSA) is 20.3 Å². The largest absolute Gasteiger partial charge is 0.342 e. The van der Waals surface area contributed by atoms with Crippen LogP contribution in [-0.4, -0.2) is 35.4 Å². The summed E-state index contributed by atoms with van der Waals surface area (Å²) in [5.41, 5.74) is 0.946. The highest BCUT2D eigenvalue weighted by Gasteiger charge is 2.61. The van der Waals surface area contributed by atoms with Crippen LogP contribution in [0, 0.1) is 34.5 Å². The lowest BCUT2D eigenvalue weighted by molar-refractivity contribution is -0.164. The number of piperidine rings is 1. The van der Waals surface area contributed by atoms with Gasteiger partial charge in [-0.1, -0.05) is 20.8 Å². The third-order valence-electron chi connectivity index (χ3n) is 8.99. The van der Waals surface area contributed by atoms with Gasteiger partial charge in [-0.25, -0.2) is 0 Å². The normalized spacial score (nSPS) is 54.2. The lowest BCUT2D eigenvalue weighted by Crippen LogP contribution is -2.62. The number of carbonyl (C=O) groups excluding carboxylic acids is 1. The van der Waals surface area contributed by atoms with Crippen molar-refractivity contribution in [2.45, 2.75) is 77.0 Å². The lowest BCUT2D eigenvalue weighted by atomic mass is 9.45. The fraction of sp³-hybridized carbons (Fsp3) is 0.952. The predicted octanol–water partition coefficient (Wildman–Crippen LogP) is 4.83. The zero-order valence-electron chi connectivity index (χ0n) is 16.2. The van der Waals surface area contributed by atoms with Gasteiger partial charge in [0.1, 0.15) is 0 Å². The van der Waals surface area contributed by atoms with E-state index in [1.54, 1.807) is 0 Å². The van der Waals surface area contributed by atoms with E-state index in [1.807, 2.05) is 0 Å². The molecular weight excluding hydrogens is 314 g/mol. The summed E-state index contributed by atoms with van der Waals surface area (Å²) in [5.74, 6) is 3.80. The second kappa shape index (κ2) is 5.66. The molecule has 0 aromatic heterocycles. The van der Waals surface area contributed by atoms with Crippen LogP contribution in [0.3, 0.4) is 0 Å². The van der Waals surface area contributed by atoms with E-state index in [9.17, 15) is 4.79 Å². The second-order valence-corrected chi connectivity index (χ2v) is 11.2. The molecule has 4 fully saturated rings. The smallest absolute Gasteiger partial charge is 0.222 e. The van der Waals surface area contributed by atoms with Gasteiger partial charge in [0, 0.05) is 24.8 Å². The zero-order valence-corrected chi connectivity index (χ0v) is 17.0. The Morgan fingerprint density at radius 3 is 2.62 bits per heavy atom. The number of amides is 1. The fourth-order valence-corrected chi connectivity index (χ4v) is 8.58. The summed E-state index contributed by atoms with van der Waals surface area (Å²) in [5, 5.41) is 0.882. The molecule has 3 saturated carbocycles. The Labute approximate surface area is 152 Å². The molecule has 1 aliphatic heterocycles. The molecular formula is C21H35NOS. The molecule has 4 rings (SSSR count). The molecule has 0 aromatic rings. The Hall–Kier alpha value is -0.180. The highest BCUT2D eigenvalue weighted by molar-refractivity contribution is 7.99. The molecule has 8 atom stereocenters. The molecule has 0 radical (unpaired) electrons. The summed E-state index contributed by atoms with van der Waals surface area (Å²) in [6.45, 7) is 7.64. The van der Waals surface area contributed by atoms with Crippen LogP contribution in [-0.2, 0) is 4.79 Å². The van der Waals surface area contributed by atoms with Crippen molar-refractivity contribution in [1.82, 2.24) is 4.90 Å². The van der Waals surface area contributed by atoms with Crippen molar-refractivity contribution < 1.29 is 4.79 Å². The Balaban J connectivity index is 1.68. The SMILES string of the molecule is CS[C@H]1C[C@H]2[C@@H]3[C@@H](C)C[C@H]4N(C)C(=O)CC[C@]4(C)[C@H]3CC[C@]2(C)C1. The van der Waals surface area contributed by atoms with Crippen molar-refractivity contribution in [3.63, 3.8) is 0 Å². The van der Waals surface area contributed by atoms with Crippen molar-refractivity contribution in [3.05, 3.63) is 0 Å². The van der Waals surface area contributed by atoms with Gasteiger partial charge in [-0.05, 0) is 79.3 Å². The first-order valence-corrected chi connectivity index (χ1v) is 11.4. The minimum absolute atomic E-state index is 0.360. The monoisotopic (exact) mass is 349 g/mol. The lowest BCUT2D eigenvalue weighted by Gasteiger charge is -2.63. The van der Waals surface area contributed by atoms with Crippen molar-refractivity contribution in [2.24, 2.45) is 34.5 Å². The standard InChI is InChI=1S/C21H35NOS/c1-13-10-17-21(3,9-7-18(23)22(17)4)15-6-8-20(2)12-14(24-5)11-16(20)19(13)15/h13-17,19H,6-12H2,1-5H3/t13-,14-,15-,16-,17+,19+,20+,21+/m0/s1. The van der Waals surface area contributed by atoms with E-state index in [-0.39, 0.29) is 0 Å². The van der Waals surface area contributed by atoms with Crippen LogP contribution < -0.4 is 0 Å². The van der Waals surface area contributed by atoms with Crippen LogP contribution in [0.1, 0.15) is 65.7 Å². The summed E-state index contributed by atoms with van der Waals surface area (Å²) < 4.78 is 0.